The molecule has 0 aliphatic heterocycles. The zero-order chi connectivity index (χ0) is 19.3. The maximum absolute atomic E-state index is 11.4. The summed E-state index contributed by atoms with van der Waals surface area (Å²) in [6.45, 7) is 1.04. The molecule has 2 aromatic carbocycles. The van der Waals surface area contributed by atoms with Gasteiger partial charge in [-0.2, -0.15) is 5.26 Å². The van der Waals surface area contributed by atoms with Crippen molar-refractivity contribution >= 4 is 28.9 Å². The van der Waals surface area contributed by atoms with Gasteiger partial charge in [0, 0.05) is 35.2 Å². The average molecular weight is 372 g/mol. The van der Waals surface area contributed by atoms with Gasteiger partial charge in [0.25, 0.3) is 0 Å². The molecule has 26 heavy (non-hydrogen) atoms. The number of carbonyl (C=O) groups excluding carboxylic acids is 2. The molecule has 0 fully saturated rings. The van der Waals surface area contributed by atoms with E-state index in [1.807, 2.05) is 6.07 Å². The molecule has 0 amide bonds. The third-order valence-electron chi connectivity index (χ3n) is 3.42. The minimum Gasteiger partial charge on any atom is -0.508 e. The number of nitriles is 1. The second kappa shape index (κ2) is 8.19. The number of hydrogen-bond donors (Lipinski definition) is 2. The van der Waals surface area contributed by atoms with E-state index >= 15 is 0 Å². The minimum atomic E-state index is -0.872. The summed E-state index contributed by atoms with van der Waals surface area (Å²) in [6.07, 6.45) is 0.767. The van der Waals surface area contributed by atoms with E-state index in [0.717, 1.165) is 13.0 Å². The molecule has 6 nitrogen and oxygen atoms in total. The number of nitrogens with zero attached hydrogens (tertiary/aromatic N) is 1. The number of ketones is 2. The van der Waals surface area contributed by atoms with Gasteiger partial charge in [0.1, 0.15) is 23.9 Å². The van der Waals surface area contributed by atoms with Crippen molar-refractivity contribution in [1.29, 1.82) is 5.26 Å². The van der Waals surface area contributed by atoms with Gasteiger partial charge in [-0.1, -0.05) is 17.7 Å². The Morgan fingerprint density at radius 2 is 2.04 bits per heavy atom. The SMILES string of the molecule is CC(=O)C(=O)C=C(O)c1cc(O)cc(OCc2c(Cl)cccc2C#N)c1. The Balaban J connectivity index is 2.27. The van der Waals surface area contributed by atoms with Crippen LogP contribution in [-0.2, 0) is 16.2 Å². The summed E-state index contributed by atoms with van der Waals surface area (Å²) in [5.41, 5.74) is 0.926. The van der Waals surface area contributed by atoms with Gasteiger partial charge in [0.2, 0.25) is 5.78 Å². The zero-order valence-electron chi connectivity index (χ0n) is 13.7. The molecule has 0 unspecified atom stereocenters. The van der Waals surface area contributed by atoms with Crippen molar-refractivity contribution in [2.24, 2.45) is 0 Å². The van der Waals surface area contributed by atoms with E-state index in [0.29, 0.717) is 16.1 Å². The number of phenols is 1. The van der Waals surface area contributed by atoms with Crippen LogP contribution in [0.2, 0.25) is 5.02 Å². The number of aromatic hydroxyl groups is 1. The van der Waals surface area contributed by atoms with Crippen LogP contribution in [0.3, 0.4) is 0 Å². The van der Waals surface area contributed by atoms with Gasteiger partial charge in [0.15, 0.2) is 5.78 Å². The number of Topliss-reactive ketones (excluding diaryl/α,β-unsaturated/α-hetero) is 1. The summed E-state index contributed by atoms with van der Waals surface area (Å²) in [5.74, 6) is -2.12. The summed E-state index contributed by atoms with van der Waals surface area (Å²) < 4.78 is 5.55. The van der Waals surface area contributed by atoms with E-state index < -0.39 is 17.3 Å². The molecule has 0 saturated carbocycles. The lowest BCUT2D eigenvalue weighted by Gasteiger charge is -2.11. The first-order chi connectivity index (χ1) is 12.3. The van der Waals surface area contributed by atoms with Crippen molar-refractivity contribution in [3.05, 3.63) is 64.2 Å². The highest BCUT2D eigenvalue weighted by Crippen LogP contribution is 2.27. The van der Waals surface area contributed by atoms with Crippen molar-refractivity contribution in [1.82, 2.24) is 0 Å². The second-order valence-corrected chi connectivity index (χ2v) is 5.74. The fourth-order valence-electron chi connectivity index (χ4n) is 2.09. The van der Waals surface area contributed by atoms with Crippen molar-refractivity contribution in [3.63, 3.8) is 0 Å². The van der Waals surface area contributed by atoms with Gasteiger partial charge in [-0.3, -0.25) is 9.59 Å². The van der Waals surface area contributed by atoms with Gasteiger partial charge in [-0.25, -0.2) is 0 Å². The number of benzene rings is 2. The average Bonchev–Trinajstić information content (AvgIpc) is 2.59. The highest BCUT2D eigenvalue weighted by molar-refractivity contribution is 6.41. The van der Waals surface area contributed by atoms with Crippen LogP contribution in [0.5, 0.6) is 11.5 Å². The first-order valence-corrected chi connectivity index (χ1v) is 7.80. The molecule has 0 radical (unpaired) electrons. The van der Waals surface area contributed by atoms with Crippen LogP contribution in [0.1, 0.15) is 23.6 Å². The van der Waals surface area contributed by atoms with E-state index in [1.54, 1.807) is 18.2 Å². The maximum atomic E-state index is 11.4. The van der Waals surface area contributed by atoms with E-state index in [-0.39, 0.29) is 23.7 Å². The van der Waals surface area contributed by atoms with E-state index in [9.17, 15) is 19.8 Å². The largest absolute Gasteiger partial charge is 0.508 e. The molecule has 0 aliphatic rings. The van der Waals surface area contributed by atoms with Crippen molar-refractivity contribution in [2.45, 2.75) is 13.5 Å². The van der Waals surface area contributed by atoms with E-state index in [4.69, 9.17) is 21.6 Å². The van der Waals surface area contributed by atoms with Gasteiger partial charge in [-0.05, 0) is 24.3 Å². The summed E-state index contributed by atoms with van der Waals surface area (Å²) in [6, 6.07) is 10.8. The number of carbonyl (C=O) groups is 2. The third-order valence-corrected chi connectivity index (χ3v) is 3.78. The van der Waals surface area contributed by atoms with Crippen LogP contribution in [-0.4, -0.2) is 21.8 Å². The quantitative estimate of drug-likeness (QED) is 0.456. The molecule has 2 rings (SSSR count). The lowest BCUT2D eigenvalue weighted by Crippen LogP contribution is -2.06. The van der Waals surface area contributed by atoms with E-state index in [2.05, 4.69) is 0 Å². The molecule has 0 aliphatic carbocycles. The Morgan fingerprint density at radius 3 is 2.69 bits per heavy atom. The van der Waals surface area contributed by atoms with Gasteiger partial charge < -0.3 is 14.9 Å². The Hall–Kier alpha value is -3.30. The zero-order valence-corrected chi connectivity index (χ0v) is 14.4. The van der Waals surface area contributed by atoms with Gasteiger partial charge in [0.05, 0.1) is 11.6 Å². The fourth-order valence-corrected chi connectivity index (χ4v) is 2.32. The lowest BCUT2D eigenvalue weighted by molar-refractivity contribution is -0.132. The number of hydrogen-bond acceptors (Lipinski definition) is 6. The number of aliphatic hydroxyl groups excluding tert-OH is 1. The highest BCUT2D eigenvalue weighted by Gasteiger charge is 2.12. The molecular weight excluding hydrogens is 358 g/mol. The number of phenolic OH excluding ortho intramolecular Hbond substituents is 1. The first kappa shape index (κ1) is 19.0. The highest BCUT2D eigenvalue weighted by atomic mass is 35.5. The Bertz CT molecular complexity index is 943. The van der Waals surface area contributed by atoms with E-state index in [1.165, 1.54) is 18.2 Å². The molecule has 0 spiro atoms. The van der Waals surface area contributed by atoms with Crippen LogP contribution in [0, 0.1) is 11.3 Å². The van der Waals surface area contributed by atoms with Crippen molar-refractivity contribution in [2.75, 3.05) is 0 Å². The van der Waals surface area contributed by atoms with Crippen LogP contribution < -0.4 is 4.74 Å². The van der Waals surface area contributed by atoms with Crippen LogP contribution >= 0.6 is 11.6 Å². The second-order valence-electron chi connectivity index (χ2n) is 5.33. The molecule has 2 N–H and O–H groups in total. The molecule has 7 heteroatoms. The molecule has 0 atom stereocenters. The van der Waals surface area contributed by atoms with Gasteiger partial charge in [-0.15, -0.1) is 0 Å². The monoisotopic (exact) mass is 371 g/mol. The van der Waals surface area contributed by atoms with Crippen LogP contribution in [0.25, 0.3) is 5.76 Å². The Kier molecular flexibility index (Phi) is 5.99. The summed E-state index contributed by atoms with van der Waals surface area (Å²) in [7, 11) is 0. The normalized spacial score (nSPS) is 10.9. The summed E-state index contributed by atoms with van der Waals surface area (Å²) in [5, 5.41) is 29.2. The number of halogens is 1. The minimum absolute atomic E-state index is 0.0394. The molecule has 2 aromatic rings. The number of allylic oxidation sites excluding steroid dienone is 1. The molecule has 0 aromatic heterocycles. The number of aliphatic hydroxyl groups is 1. The first-order valence-electron chi connectivity index (χ1n) is 7.42. The van der Waals surface area contributed by atoms with Crippen molar-refractivity contribution < 1.29 is 24.5 Å². The summed E-state index contributed by atoms with van der Waals surface area (Å²) >= 11 is 6.08. The predicted octanol–water partition coefficient (Wildman–Crippen LogP) is 3.55. The third kappa shape index (κ3) is 4.62. The van der Waals surface area contributed by atoms with Crippen molar-refractivity contribution in [3.8, 4) is 17.6 Å². The van der Waals surface area contributed by atoms with Gasteiger partial charge >= 0.3 is 0 Å². The maximum Gasteiger partial charge on any atom is 0.224 e. The topological polar surface area (TPSA) is 108 Å². The molecular formula is C19H14ClNO5. The number of ether oxygens (including phenoxy) is 1. The standard InChI is InChI=1S/C19H14ClNO5/c1-11(22)18(24)8-19(25)13-5-14(23)7-15(6-13)26-10-16-12(9-21)3-2-4-17(16)20/h2-8,23,25H,10H2,1H3. The van der Waals surface area contributed by atoms with Crippen LogP contribution in [0.15, 0.2) is 42.5 Å². The Morgan fingerprint density at radius 1 is 1.31 bits per heavy atom. The fraction of sp³-hybridized carbons (Fsp3) is 0.105. The van der Waals surface area contributed by atoms with Crippen LogP contribution in [0.4, 0.5) is 0 Å². The molecule has 0 heterocycles. The number of rotatable bonds is 6. The molecule has 0 bridgehead atoms. The Labute approximate surface area is 154 Å². The molecule has 132 valence electrons. The molecule has 0 saturated heterocycles. The predicted molar refractivity (Wildman–Crippen MR) is 94.9 cm³/mol. The smallest absolute Gasteiger partial charge is 0.224 e. The lowest BCUT2D eigenvalue weighted by atomic mass is 10.1. The summed E-state index contributed by atoms with van der Waals surface area (Å²) in [4.78, 5) is 22.4.